The largest absolute Gasteiger partial charge is 0.309 e. The fourth-order valence-corrected chi connectivity index (χ4v) is 8.95. The van der Waals surface area contributed by atoms with Gasteiger partial charge < -0.3 is 4.57 Å². The predicted octanol–water partition coefficient (Wildman–Crippen LogP) is 13.6. The molecule has 0 radical (unpaired) electrons. The van der Waals surface area contributed by atoms with Crippen LogP contribution in [0.2, 0.25) is 0 Å². The van der Waals surface area contributed by atoms with Crippen LogP contribution in [-0.4, -0.2) is 4.57 Å². The van der Waals surface area contributed by atoms with E-state index >= 15 is 0 Å². The van der Waals surface area contributed by atoms with Gasteiger partial charge in [-0.1, -0.05) is 184 Å². The molecule has 9 aromatic rings. The third-order valence-corrected chi connectivity index (χ3v) is 11.6. The molecule has 0 amide bonds. The summed E-state index contributed by atoms with van der Waals surface area (Å²) in [5.41, 5.74) is 17.9. The predicted molar refractivity (Wildman–Crippen MR) is 223 cm³/mol. The van der Waals surface area contributed by atoms with Crippen molar-refractivity contribution in [3.8, 4) is 39.1 Å². The van der Waals surface area contributed by atoms with E-state index in [0.29, 0.717) is 0 Å². The molecule has 53 heavy (non-hydrogen) atoms. The Morgan fingerprint density at radius 3 is 1.70 bits per heavy atom. The highest BCUT2D eigenvalue weighted by molar-refractivity contribution is 6.15. The average Bonchev–Trinajstić information content (AvgIpc) is 3.68. The molecule has 1 heteroatoms. The first-order chi connectivity index (χ1) is 26.1. The molecule has 0 N–H and O–H groups in total. The SMILES string of the molecule is CC1(C)c2ccccc2-c2ccc(C(c3ccc(-c4ccccc4)cc3)c3ccc(-c4cccc5c4c4ccccc4n5-c4ccccc4)cc3)cc21. The Morgan fingerprint density at radius 2 is 0.943 bits per heavy atom. The molecular weight excluding hydrogens is 639 g/mol. The van der Waals surface area contributed by atoms with Crippen molar-refractivity contribution in [2.24, 2.45) is 0 Å². The van der Waals surface area contributed by atoms with Gasteiger partial charge in [-0.05, 0) is 85.5 Å². The van der Waals surface area contributed by atoms with Crippen molar-refractivity contribution < 1.29 is 0 Å². The molecule has 0 saturated carbocycles. The van der Waals surface area contributed by atoms with Crippen LogP contribution in [0, 0.1) is 0 Å². The number of nitrogens with zero attached hydrogens (tertiary/aromatic N) is 1. The number of hydrogen-bond donors (Lipinski definition) is 0. The van der Waals surface area contributed by atoms with Gasteiger partial charge in [0.1, 0.15) is 0 Å². The first-order valence-corrected chi connectivity index (χ1v) is 18.6. The van der Waals surface area contributed by atoms with Crippen molar-refractivity contribution in [1.82, 2.24) is 4.57 Å². The normalized spacial score (nSPS) is 13.5. The molecule has 1 aliphatic carbocycles. The Morgan fingerprint density at radius 1 is 0.396 bits per heavy atom. The second-order valence-corrected chi connectivity index (χ2v) is 14.9. The molecule has 1 atom stereocenters. The quantitative estimate of drug-likeness (QED) is 0.154. The lowest BCUT2D eigenvalue weighted by Crippen LogP contribution is -2.15. The second kappa shape index (κ2) is 12.4. The summed E-state index contributed by atoms with van der Waals surface area (Å²) >= 11 is 0. The van der Waals surface area contributed by atoms with Crippen molar-refractivity contribution >= 4 is 21.8 Å². The molecule has 0 spiro atoms. The van der Waals surface area contributed by atoms with Crippen molar-refractivity contribution in [3.05, 3.63) is 222 Å². The fraction of sp³-hybridized carbons (Fsp3) is 0.0769. The van der Waals surface area contributed by atoms with E-state index in [2.05, 4.69) is 213 Å². The number of benzene rings is 8. The monoisotopic (exact) mass is 677 g/mol. The third-order valence-electron chi connectivity index (χ3n) is 11.6. The first-order valence-electron chi connectivity index (χ1n) is 18.6. The Hall–Kier alpha value is -6.44. The number of hydrogen-bond acceptors (Lipinski definition) is 0. The van der Waals surface area contributed by atoms with Gasteiger partial charge in [-0.15, -0.1) is 0 Å². The van der Waals surface area contributed by atoms with Gasteiger partial charge in [-0.2, -0.15) is 0 Å². The molecule has 1 heterocycles. The van der Waals surface area contributed by atoms with E-state index in [0.717, 1.165) is 0 Å². The van der Waals surface area contributed by atoms with E-state index in [4.69, 9.17) is 0 Å². The minimum Gasteiger partial charge on any atom is -0.309 e. The van der Waals surface area contributed by atoms with Gasteiger partial charge in [-0.25, -0.2) is 0 Å². The van der Waals surface area contributed by atoms with E-state index in [1.54, 1.807) is 0 Å². The zero-order valence-corrected chi connectivity index (χ0v) is 30.0. The summed E-state index contributed by atoms with van der Waals surface area (Å²) in [6.07, 6.45) is 0. The average molecular weight is 678 g/mol. The van der Waals surface area contributed by atoms with Gasteiger partial charge in [0.25, 0.3) is 0 Å². The molecule has 0 bridgehead atoms. The zero-order valence-electron chi connectivity index (χ0n) is 30.0. The molecule has 1 aromatic heterocycles. The maximum atomic E-state index is 2.48. The summed E-state index contributed by atoms with van der Waals surface area (Å²) in [6, 6.07) is 71.6. The summed E-state index contributed by atoms with van der Waals surface area (Å²) in [7, 11) is 0. The maximum absolute atomic E-state index is 2.48. The van der Waals surface area contributed by atoms with Gasteiger partial charge in [0.15, 0.2) is 0 Å². The Bertz CT molecular complexity index is 2770. The molecule has 1 unspecified atom stereocenters. The molecule has 1 nitrogen and oxygen atoms in total. The highest BCUT2D eigenvalue weighted by Crippen LogP contribution is 2.50. The second-order valence-electron chi connectivity index (χ2n) is 14.9. The summed E-state index contributed by atoms with van der Waals surface area (Å²) in [5, 5.41) is 2.55. The van der Waals surface area contributed by atoms with Crippen LogP contribution >= 0.6 is 0 Å². The van der Waals surface area contributed by atoms with Crippen molar-refractivity contribution in [2.75, 3.05) is 0 Å². The molecule has 1 aliphatic rings. The minimum absolute atomic E-state index is 0.0644. The summed E-state index contributed by atoms with van der Waals surface area (Å²) in [5.74, 6) is 0.0782. The molecule has 0 aliphatic heterocycles. The van der Waals surface area contributed by atoms with E-state index in [9.17, 15) is 0 Å². The van der Waals surface area contributed by atoms with Crippen LogP contribution in [0.1, 0.15) is 47.6 Å². The zero-order chi connectivity index (χ0) is 35.5. The first kappa shape index (κ1) is 31.3. The Balaban J connectivity index is 1.11. The lowest BCUT2D eigenvalue weighted by atomic mass is 9.79. The maximum Gasteiger partial charge on any atom is 0.0547 e. The van der Waals surface area contributed by atoms with Crippen molar-refractivity contribution in [2.45, 2.75) is 25.2 Å². The number of aromatic nitrogens is 1. The lowest BCUT2D eigenvalue weighted by molar-refractivity contribution is 0.659. The van der Waals surface area contributed by atoms with Gasteiger partial charge in [0, 0.05) is 27.8 Å². The Kier molecular flexibility index (Phi) is 7.30. The van der Waals surface area contributed by atoms with E-state index < -0.39 is 0 Å². The smallest absolute Gasteiger partial charge is 0.0547 e. The van der Waals surface area contributed by atoms with Gasteiger partial charge in [0.2, 0.25) is 0 Å². The van der Waals surface area contributed by atoms with E-state index in [1.165, 1.54) is 88.7 Å². The molecule has 10 rings (SSSR count). The van der Waals surface area contributed by atoms with Crippen LogP contribution in [0.15, 0.2) is 194 Å². The molecule has 0 fully saturated rings. The standard InChI is InChI=1S/C52H39N/c1-52(2)46-21-11-9-18-43(46)44-33-32-40(34-47(44)52)50(38-28-24-36(25-29-38)35-14-5-3-6-15-35)39-30-26-37(27-31-39)42-20-13-23-49-51(42)45-19-10-12-22-48(45)53(49)41-16-7-4-8-17-41/h3-34,50H,1-2H3. The van der Waals surface area contributed by atoms with Crippen LogP contribution < -0.4 is 0 Å². The Labute approximate surface area is 311 Å². The van der Waals surface area contributed by atoms with Gasteiger partial charge in [0.05, 0.1) is 11.0 Å². The van der Waals surface area contributed by atoms with Crippen LogP contribution in [0.5, 0.6) is 0 Å². The third kappa shape index (κ3) is 5.07. The highest BCUT2D eigenvalue weighted by Gasteiger charge is 2.36. The van der Waals surface area contributed by atoms with Crippen LogP contribution in [0.3, 0.4) is 0 Å². The fourth-order valence-electron chi connectivity index (χ4n) is 8.95. The van der Waals surface area contributed by atoms with Crippen LogP contribution in [0.25, 0.3) is 60.9 Å². The molecule has 8 aromatic carbocycles. The topological polar surface area (TPSA) is 4.93 Å². The van der Waals surface area contributed by atoms with Crippen molar-refractivity contribution in [3.63, 3.8) is 0 Å². The summed E-state index contributed by atoms with van der Waals surface area (Å²) < 4.78 is 2.39. The number of para-hydroxylation sites is 2. The number of rotatable bonds is 6. The molecule has 0 saturated heterocycles. The van der Waals surface area contributed by atoms with E-state index in [-0.39, 0.29) is 11.3 Å². The number of fused-ring (bicyclic) bond motifs is 6. The van der Waals surface area contributed by atoms with Crippen LogP contribution in [-0.2, 0) is 5.41 Å². The summed E-state index contributed by atoms with van der Waals surface area (Å²) in [6.45, 7) is 4.74. The lowest BCUT2D eigenvalue weighted by Gasteiger charge is -2.25. The molecular formula is C52H39N. The summed E-state index contributed by atoms with van der Waals surface area (Å²) in [4.78, 5) is 0. The van der Waals surface area contributed by atoms with Crippen LogP contribution in [0.4, 0.5) is 0 Å². The molecule has 252 valence electrons. The van der Waals surface area contributed by atoms with Crippen molar-refractivity contribution in [1.29, 1.82) is 0 Å². The van der Waals surface area contributed by atoms with E-state index in [1.807, 2.05) is 0 Å². The van der Waals surface area contributed by atoms with Gasteiger partial charge >= 0.3 is 0 Å². The minimum atomic E-state index is -0.0644. The highest BCUT2D eigenvalue weighted by atomic mass is 15.0. The van der Waals surface area contributed by atoms with Gasteiger partial charge in [-0.3, -0.25) is 0 Å².